The Kier molecular flexibility index (Phi) is 8.87. The summed E-state index contributed by atoms with van der Waals surface area (Å²) in [5.74, 6) is 0.690. The third-order valence-electron chi connectivity index (χ3n) is 11.7. The minimum atomic E-state index is 0.690. The molecule has 0 amide bonds. The van der Waals surface area contributed by atoms with Crippen molar-refractivity contribution in [3.05, 3.63) is 231 Å². The zero-order chi connectivity index (χ0) is 39.8. The molecule has 0 fully saturated rings. The maximum atomic E-state index is 5.26. The lowest BCUT2D eigenvalue weighted by molar-refractivity contribution is 1.18. The van der Waals surface area contributed by atoms with Gasteiger partial charge < -0.3 is 0 Å². The van der Waals surface area contributed by atoms with Crippen molar-refractivity contribution >= 4 is 32.3 Å². The number of hydrogen-bond acceptors (Lipinski definition) is 2. The molecule has 1 heterocycles. The Bertz CT molecular complexity index is 3320. The molecule has 11 aromatic rings. The van der Waals surface area contributed by atoms with Gasteiger partial charge in [0.1, 0.15) is 0 Å². The van der Waals surface area contributed by atoms with Gasteiger partial charge in [-0.05, 0) is 89.0 Å². The summed E-state index contributed by atoms with van der Waals surface area (Å²) in [5.41, 5.74) is 14.3. The van der Waals surface area contributed by atoms with E-state index in [2.05, 4.69) is 224 Å². The van der Waals surface area contributed by atoms with Crippen LogP contribution in [0, 0.1) is 0 Å². The molecule has 0 aliphatic heterocycles. The number of aromatic nitrogens is 2. The van der Waals surface area contributed by atoms with Gasteiger partial charge in [0.05, 0.1) is 11.4 Å². The molecule has 11 rings (SSSR count). The van der Waals surface area contributed by atoms with Gasteiger partial charge in [-0.25, -0.2) is 9.97 Å². The van der Waals surface area contributed by atoms with E-state index in [1.807, 2.05) is 6.07 Å². The molecule has 2 nitrogen and oxygen atoms in total. The summed E-state index contributed by atoms with van der Waals surface area (Å²) >= 11 is 0. The average Bonchev–Trinajstić information content (AvgIpc) is 3.34. The molecule has 0 spiro atoms. The SMILES string of the molecule is c1ccc(-c2ccc(-c3cc(-c4ccccc4-c4ccccc4)nc(-c4ccc(-c5ccc(-c6c7ccccc7cc7c6ccc6ccccc67)cc5)cc4)n3)cc2)cc1. The second-order valence-corrected chi connectivity index (χ2v) is 15.3. The van der Waals surface area contributed by atoms with E-state index in [-0.39, 0.29) is 0 Å². The second kappa shape index (κ2) is 15.1. The van der Waals surface area contributed by atoms with E-state index in [9.17, 15) is 0 Å². The van der Waals surface area contributed by atoms with Crippen LogP contribution in [-0.2, 0) is 0 Å². The van der Waals surface area contributed by atoms with Crippen molar-refractivity contribution in [1.82, 2.24) is 9.97 Å². The highest BCUT2D eigenvalue weighted by atomic mass is 14.9. The molecule has 0 aliphatic rings. The Morgan fingerprint density at radius 1 is 0.233 bits per heavy atom. The van der Waals surface area contributed by atoms with Crippen LogP contribution in [-0.4, -0.2) is 9.97 Å². The molecule has 0 unspecified atom stereocenters. The first kappa shape index (κ1) is 35.2. The summed E-state index contributed by atoms with van der Waals surface area (Å²) in [7, 11) is 0. The van der Waals surface area contributed by atoms with E-state index < -0.39 is 0 Å². The molecule has 0 radical (unpaired) electrons. The van der Waals surface area contributed by atoms with E-state index >= 15 is 0 Å². The van der Waals surface area contributed by atoms with Crippen molar-refractivity contribution in [3.8, 4) is 78.4 Å². The van der Waals surface area contributed by atoms with Crippen LogP contribution in [0.3, 0.4) is 0 Å². The largest absolute Gasteiger partial charge is 0.228 e. The van der Waals surface area contributed by atoms with Gasteiger partial charge in [-0.2, -0.15) is 0 Å². The second-order valence-electron chi connectivity index (χ2n) is 15.3. The molecular formula is C58H38N2. The van der Waals surface area contributed by atoms with Crippen LogP contribution in [0.2, 0.25) is 0 Å². The van der Waals surface area contributed by atoms with Crippen LogP contribution >= 0.6 is 0 Å². The molecular weight excluding hydrogens is 725 g/mol. The van der Waals surface area contributed by atoms with Crippen molar-refractivity contribution in [2.45, 2.75) is 0 Å². The lowest BCUT2D eigenvalue weighted by Crippen LogP contribution is -1.97. The average molecular weight is 763 g/mol. The van der Waals surface area contributed by atoms with Gasteiger partial charge in [0.2, 0.25) is 0 Å². The van der Waals surface area contributed by atoms with Crippen LogP contribution in [0.1, 0.15) is 0 Å². The summed E-state index contributed by atoms with van der Waals surface area (Å²) in [4.78, 5) is 10.5. The van der Waals surface area contributed by atoms with Crippen LogP contribution < -0.4 is 0 Å². The van der Waals surface area contributed by atoms with E-state index in [0.717, 1.165) is 50.3 Å². The zero-order valence-corrected chi connectivity index (χ0v) is 32.8. The Morgan fingerprint density at radius 2 is 0.717 bits per heavy atom. The Morgan fingerprint density at radius 3 is 1.40 bits per heavy atom. The molecule has 0 saturated carbocycles. The van der Waals surface area contributed by atoms with E-state index in [4.69, 9.17) is 9.97 Å². The summed E-state index contributed by atoms with van der Waals surface area (Å²) in [5, 5.41) is 7.60. The molecule has 1 aromatic heterocycles. The first-order valence-electron chi connectivity index (χ1n) is 20.5. The number of benzene rings is 10. The van der Waals surface area contributed by atoms with E-state index in [0.29, 0.717) is 5.82 Å². The topological polar surface area (TPSA) is 25.8 Å². The smallest absolute Gasteiger partial charge is 0.160 e. The molecule has 2 heteroatoms. The highest BCUT2D eigenvalue weighted by Crippen LogP contribution is 2.40. The Balaban J connectivity index is 0.970. The van der Waals surface area contributed by atoms with Gasteiger partial charge >= 0.3 is 0 Å². The molecule has 60 heavy (non-hydrogen) atoms. The van der Waals surface area contributed by atoms with E-state index in [1.165, 1.54) is 54.6 Å². The fraction of sp³-hybridized carbons (Fsp3) is 0. The van der Waals surface area contributed by atoms with Gasteiger partial charge in [-0.3, -0.25) is 0 Å². The minimum Gasteiger partial charge on any atom is -0.228 e. The summed E-state index contributed by atoms with van der Waals surface area (Å²) in [6, 6.07) is 82.3. The molecule has 0 saturated heterocycles. The fourth-order valence-corrected chi connectivity index (χ4v) is 8.67. The van der Waals surface area contributed by atoms with E-state index in [1.54, 1.807) is 0 Å². The van der Waals surface area contributed by atoms with Gasteiger partial charge in [-0.15, -0.1) is 0 Å². The molecule has 0 aliphatic carbocycles. The van der Waals surface area contributed by atoms with Crippen molar-refractivity contribution in [1.29, 1.82) is 0 Å². The normalized spacial score (nSPS) is 11.3. The predicted molar refractivity (Wildman–Crippen MR) is 253 cm³/mol. The molecule has 0 atom stereocenters. The molecule has 280 valence electrons. The highest BCUT2D eigenvalue weighted by molar-refractivity contribution is 6.20. The lowest BCUT2D eigenvalue weighted by atomic mass is 9.89. The molecule has 10 aromatic carbocycles. The maximum absolute atomic E-state index is 5.26. The Hall–Kier alpha value is -7.94. The highest BCUT2D eigenvalue weighted by Gasteiger charge is 2.16. The van der Waals surface area contributed by atoms with Crippen molar-refractivity contribution < 1.29 is 0 Å². The molecule has 0 N–H and O–H groups in total. The van der Waals surface area contributed by atoms with Crippen LogP contribution in [0.25, 0.3) is 111 Å². The third-order valence-corrected chi connectivity index (χ3v) is 11.7. The quantitative estimate of drug-likeness (QED) is 0.119. The number of rotatable bonds is 7. The summed E-state index contributed by atoms with van der Waals surface area (Å²) < 4.78 is 0. The third kappa shape index (κ3) is 6.51. The first-order valence-corrected chi connectivity index (χ1v) is 20.5. The van der Waals surface area contributed by atoms with Crippen LogP contribution in [0.5, 0.6) is 0 Å². The zero-order valence-electron chi connectivity index (χ0n) is 32.8. The fourth-order valence-electron chi connectivity index (χ4n) is 8.67. The van der Waals surface area contributed by atoms with Gasteiger partial charge in [-0.1, -0.05) is 218 Å². The summed E-state index contributed by atoms with van der Waals surface area (Å²) in [6.07, 6.45) is 0. The van der Waals surface area contributed by atoms with Crippen LogP contribution in [0.15, 0.2) is 231 Å². The Labute approximate surface area is 349 Å². The van der Waals surface area contributed by atoms with Crippen molar-refractivity contribution in [2.24, 2.45) is 0 Å². The monoisotopic (exact) mass is 762 g/mol. The predicted octanol–water partition coefficient (Wildman–Crippen LogP) is 15.6. The first-order chi connectivity index (χ1) is 29.7. The minimum absolute atomic E-state index is 0.690. The van der Waals surface area contributed by atoms with Crippen molar-refractivity contribution in [2.75, 3.05) is 0 Å². The van der Waals surface area contributed by atoms with Gasteiger partial charge in [0.15, 0.2) is 5.82 Å². The molecule has 0 bridgehead atoms. The van der Waals surface area contributed by atoms with Gasteiger partial charge in [0.25, 0.3) is 0 Å². The maximum Gasteiger partial charge on any atom is 0.160 e. The number of hydrogen-bond donors (Lipinski definition) is 0. The van der Waals surface area contributed by atoms with Gasteiger partial charge in [0, 0.05) is 16.7 Å². The number of fused-ring (bicyclic) bond motifs is 4. The van der Waals surface area contributed by atoms with Crippen molar-refractivity contribution in [3.63, 3.8) is 0 Å². The lowest BCUT2D eigenvalue weighted by Gasteiger charge is -2.15. The number of nitrogens with zero attached hydrogens (tertiary/aromatic N) is 2. The van der Waals surface area contributed by atoms with Crippen LogP contribution in [0.4, 0.5) is 0 Å². The summed E-state index contributed by atoms with van der Waals surface area (Å²) in [6.45, 7) is 0. The standard InChI is InChI=1S/C58H38N2/c1-3-13-39(14-4-1)40-23-29-45(30-24-40)55-38-56(52-22-12-11-19-49(52)43-15-5-2-6-16-43)60-58(59-55)47-33-27-42(28-34-47)41-25-31-46(32-26-41)57-51-21-10-8-18-48(51)37-54-50-20-9-7-17-44(50)35-36-53(54)57/h1-38H.